The molecular weight excluding hydrogens is 238 g/mol. The SMILES string of the molecule is COc1cccnc1C(NN)c1ccc(C)c(C)c1. The van der Waals surface area contributed by atoms with Gasteiger partial charge < -0.3 is 4.74 Å². The maximum absolute atomic E-state index is 5.70. The summed E-state index contributed by atoms with van der Waals surface area (Å²) in [5.41, 5.74) is 7.16. The van der Waals surface area contributed by atoms with Crippen molar-refractivity contribution < 1.29 is 4.74 Å². The van der Waals surface area contributed by atoms with Crippen LogP contribution in [0.15, 0.2) is 36.5 Å². The molecule has 0 fully saturated rings. The van der Waals surface area contributed by atoms with Gasteiger partial charge in [-0.2, -0.15) is 0 Å². The van der Waals surface area contributed by atoms with E-state index in [-0.39, 0.29) is 6.04 Å². The normalized spacial score (nSPS) is 12.2. The maximum Gasteiger partial charge on any atom is 0.142 e. The van der Waals surface area contributed by atoms with E-state index in [0.717, 1.165) is 17.0 Å². The van der Waals surface area contributed by atoms with Crippen molar-refractivity contribution in [2.45, 2.75) is 19.9 Å². The van der Waals surface area contributed by atoms with Crippen molar-refractivity contribution in [2.24, 2.45) is 5.84 Å². The number of aromatic nitrogens is 1. The molecule has 0 spiro atoms. The monoisotopic (exact) mass is 257 g/mol. The summed E-state index contributed by atoms with van der Waals surface area (Å²) in [5.74, 6) is 6.43. The summed E-state index contributed by atoms with van der Waals surface area (Å²) in [6.45, 7) is 4.17. The van der Waals surface area contributed by atoms with Gasteiger partial charge >= 0.3 is 0 Å². The van der Waals surface area contributed by atoms with Crippen LogP contribution in [0.1, 0.15) is 28.4 Å². The summed E-state index contributed by atoms with van der Waals surface area (Å²) in [4.78, 5) is 4.38. The van der Waals surface area contributed by atoms with Crippen LogP contribution < -0.4 is 16.0 Å². The Labute approximate surface area is 113 Å². The number of hydrogen-bond acceptors (Lipinski definition) is 4. The van der Waals surface area contributed by atoms with Crippen molar-refractivity contribution in [3.8, 4) is 5.75 Å². The van der Waals surface area contributed by atoms with E-state index in [9.17, 15) is 0 Å². The van der Waals surface area contributed by atoms with Gasteiger partial charge in [0.2, 0.25) is 0 Å². The van der Waals surface area contributed by atoms with Crippen LogP contribution in [-0.2, 0) is 0 Å². The molecule has 1 heterocycles. The van der Waals surface area contributed by atoms with Gasteiger partial charge in [0.15, 0.2) is 0 Å². The molecule has 19 heavy (non-hydrogen) atoms. The molecule has 1 atom stereocenters. The standard InChI is InChI=1S/C15H19N3O/c1-10-6-7-12(9-11(10)2)14(18-16)15-13(19-3)5-4-8-17-15/h4-9,14,18H,16H2,1-3H3. The second-order valence-corrected chi connectivity index (χ2v) is 4.53. The fraction of sp³-hybridized carbons (Fsp3) is 0.267. The van der Waals surface area contributed by atoms with Crippen molar-refractivity contribution >= 4 is 0 Å². The largest absolute Gasteiger partial charge is 0.495 e. The van der Waals surface area contributed by atoms with Gasteiger partial charge in [-0.05, 0) is 42.7 Å². The zero-order valence-corrected chi connectivity index (χ0v) is 11.5. The zero-order chi connectivity index (χ0) is 13.8. The number of nitrogens with zero attached hydrogens (tertiary/aromatic N) is 1. The Bertz CT molecular complexity index is 569. The molecule has 100 valence electrons. The first-order valence-corrected chi connectivity index (χ1v) is 6.19. The minimum Gasteiger partial charge on any atom is -0.495 e. The molecule has 0 aliphatic heterocycles. The minimum atomic E-state index is -0.185. The van der Waals surface area contributed by atoms with E-state index in [1.54, 1.807) is 13.3 Å². The molecule has 4 heteroatoms. The van der Waals surface area contributed by atoms with Crippen LogP contribution in [0.5, 0.6) is 5.75 Å². The number of nitrogens with one attached hydrogen (secondary N) is 1. The van der Waals surface area contributed by atoms with Crippen LogP contribution >= 0.6 is 0 Å². The van der Waals surface area contributed by atoms with Crippen LogP contribution in [-0.4, -0.2) is 12.1 Å². The van der Waals surface area contributed by atoms with Gasteiger partial charge in [-0.25, -0.2) is 5.43 Å². The third-order valence-electron chi connectivity index (χ3n) is 3.32. The Balaban J connectivity index is 2.46. The van der Waals surface area contributed by atoms with Crippen molar-refractivity contribution in [1.29, 1.82) is 0 Å². The minimum absolute atomic E-state index is 0.185. The van der Waals surface area contributed by atoms with Crippen LogP contribution in [0.3, 0.4) is 0 Å². The fourth-order valence-electron chi connectivity index (χ4n) is 2.07. The number of nitrogens with two attached hydrogens (primary N) is 1. The van der Waals surface area contributed by atoms with Crippen LogP contribution in [0, 0.1) is 13.8 Å². The molecule has 0 radical (unpaired) electrons. The number of benzene rings is 1. The molecule has 2 aromatic rings. The van der Waals surface area contributed by atoms with Crippen molar-refractivity contribution in [2.75, 3.05) is 7.11 Å². The lowest BCUT2D eigenvalue weighted by Crippen LogP contribution is -2.30. The topological polar surface area (TPSA) is 60.2 Å². The Morgan fingerprint density at radius 3 is 2.63 bits per heavy atom. The third-order valence-corrected chi connectivity index (χ3v) is 3.32. The van der Waals surface area contributed by atoms with Crippen molar-refractivity contribution in [3.05, 3.63) is 58.9 Å². The highest BCUT2D eigenvalue weighted by molar-refractivity contribution is 5.39. The van der Waals surface area contributed by atoms with Gasteiger partial charge in [0, 0.05) is 6.20 Å². The molecule has 1 aromatic heterocycles. The molecule has 2 rings (SSSR count). The van der Waals surface area contributed by atoms with Gasteiger partial charge in [0.25, 0.3) is 0 Å². The summed E-state index contributed by atoms with van der Waals surface area (Å²) in [6, 6.07) is 9.80. The van der Waals surface area contributed by atoms with Gasteiger partial charge in [-0.3, -0.25) is 10.8 Å². The lowest BCUT2D eigenvalue weighted by Gasteiger charge is -2.19. The molecular formula is C15H19N3O. The lowest BCUT2D eigenvalue weighted by atomic mass is 9.98. The fourth-order valence-corrected chi connectivity index (χ4v) is 2.07. The number of ether oxygens (including phenoxy) is 1. The van der Waals surface area contributed by atoms with E-state index < -0.39 is 0 Å². The number of hydrazine groups is 1. The Morgan fingerprint density at radius 1 is 1.21 bits per heavy atom. The Hall–Kier alpha value is -1.91. The van der Waals surface area contributed by atoms with Crippen molar-refractivity contribution in [3.63, 3.8) is 0 Å². The second kappa shape index (κ2) is 5.82. The molecule has 0 aliphatic carbocycles. The van der Waals surface area contributed by atoms with Gasteiger partial charge in [0.1, 0.15) is 11.4 Å². The summed E-state index contributed by atoms with van der Waals surface area (Å²) in [7, 11) is 1.63. The van der Waals surface area contributed by atoms with Gasteiger partial charge in [0.05, 0.1) is 13.2 Å². The molecule has 0 bridgehead atoms. The maximum atomic E-state index is 5.70. The van der Waals surface area contributed by atoms with Gasteiger partial charge in [-0.15, -0.1) is 0 Å². The molecule has 0 amide bonds. The van der Waals surface area contributed by atoms with Crippen LogP contribution in [0.2, 0.25) is 0 Å². The summed E-state index contributed by atoms with van der Waals surface area (Å²) in [5, 5.41) is 0. The summed E-state index contributed by atoms with van der Waals surface area (Å²) >= 11 is 0. The second-order valence-electron chi connectivity index (χ2n) is 4.53. The Kier molecular flexibility index (Phi) is 4.14. The number of aryl methyl sites for hydroxylation is 2. The summed E-state index contributed by atoms with van der Waals surface area (Å²) in [6.07, 6.45) is 1.74. The highest BCUT2D eigenvalue weighted by Crippen LogP contribution is 2.28. The molecule has 1 unspecified atom stereocenters. The lowest BCUT2D eigenvalue weighted by molar-refractivity contribution is 0.400. The molecule has 0 aliphatic rings. The van der Waals surface area contributed by atoms with E-state index in [1.165, 1.54) is 11.1 Å². The number of pyridine rings is 1. The van der Waals surface area contributed by atoms with Crippen molar-refractivity contribution in [1.82, 2.24) is 10.4 Å². The van der Waals surface area contributed by atoms with Crippen LogP contribution in [0.4, 0.5) is 0 Å². The quantitative estimate of drug-likeness (QED) is 0.651. The number of hydrogen-bond donors (Lipinski definition) is 2. The number of rotatable bonds is 4. The Morgan fingerprint density at radius 2 is 2.00 bits per heavy atom. The zero-order valence-electron chi connectivity index (χ0n) is 11.5. The van der Waals surface area contributed by atoms with Gasteiger partial charge in [-0.1, -0.05) is 18.2 Å². The smallest absolute Gasteiger partial charge is 0.142 e. The highest BCUT2D eigenvalue weighted by Gasteiger charge is 2.18. The number of methoxy groups -OCH3 is 1. The van der Waals surface area contributed by atoms with E-state index in [1.807, 2.05) is 12.1 Å². The average Bonchev–Trinajstić information content (AvgIpc) is 2.44. The molecule has 1 aromatic carbocycles. The van der Waals surface area contributed by atoms with E-state index in [0.29, 0.717) is 0 Å². The average molecular weight is 257 g/mol. The molecule has 3 N–H and O–H groups in total. The summed E-state index contributed by atoms with van der Waals surface area (Å²) < 4.78 is 5.35. The first kappa shape index (κ1) is 13.5. The highest BCUT2D eigenvalue weighted by atomic mass is 16.5. The predicted octanol–water partition coefficient (Wildman–Crippen LogP) is 2.26. The molecule has 0 saturated heterocycles. The van der Waals surface area contributed by atoms with E-state index >= 15 is 0 Å². The van der Waals surface area contributed by atoms with E-state index in [2.05, 4.69) is 42.5 Å². The third kappa shape index (κ3) is 2.75. The van der Waals surface area contributed by atoms with E-state index in [4.69, 9.17) is 10.6 Å². The predicted molar refractivity (Wildman–Crippen MR) is 75.9 cm³/mol. The molecule has 0 saturated carbocycles. The first-order chi connectivity index (χ1) is 9.17. The first-order valence-electron chi connectivity index (χ1n) is 6.19. The molecule has 4 nitrogen and oxygen atoms in total. The van der Waals surface area contributed by atoms with Crippen LogP contribution in [0.25, 0.3) is 0 Å².